The number of carboxylic acid groups (broad SMARTS) is 2. The van der Waals surface area contributed by atoms with Gasteiger partial charge in [0.05, 0.1) is 0 Å². The van der Waals surface area contributed by atoms with E-state index in [4.69, 9.17) is 4.42 Å². The summed E-state index contributed by atoms with van der Waals surface area (Å²) in [5.41, 5.74) is 1.49. The molecule has 0 radical (unpaired) electrons. The minimum atomic E-state index is -2.75. The minimum Gasteiger partial charge on any atom is 1.00 e. The molecule has 45 heavy (non-hydrogen) atoms. The Kier molecular flexibility index (Phi) is 20.4. The molecule has 16 heteroatoms. The second-order valence-corrected chi connectivity index (χ2v) is 27.8. The fourth-order valence-electron chi connectivity index (χ4n) is 4.33. The standard InChI is InChI=1S/C20H9Br2O5.C7H6O2S.C2H5.2Hg.3Na.H2O/c21-13-5-11-17(7-15(13)23)27-18-8-16(24)14(22)6-12(18)19(11)9-3-1-2-4-10(9)20(25)26;8-7(9)5-3-1-2-4-6(5)10;1-2;;;;;;/h1-7,24H,(H,25,26);1-4,10H,(H,8,9);1H2,2H3;;;;;;1H2/q;;;5*+1;/p-5. The van der Waals surface area contributed by atoms with Gasteiger partial charge in [0, 0.05) is 0 Å². The average molecular weight is 1160 g/mol. The molecule has 0 unspecified atom stereocenters. The first-order valence-electron chi connectivity index (χ1n) is 12.5. The van der Waals surface area contributed by atoms with Gasteiger partial charge in [-0.3, -0.25) is 0 Å². The van der Waals surface area contributed by atoms with E-state index in [9.17, 15) is 32.7 Å². The monoisotopic (exact) mass is 1160 g/mol. The number of halogens is 2. The zero-order chi connectivity index (χ0) is 30.6. The first kappa shape index (κ1) is 44.3. The van der Waals surface area contributed by atoms with Crippen LogP contribution in [0.5, 0.6) is 5.75 Å². The number of carbonyl (C=O) groups is 2. The van der Waals surface area contributed by atoms with Gasteiger partial charge in [0.1, 0.15) is 0 Å². The molecule has 5 rings (SSSR count). The first-order valence-corrected chi connectivity index (χ1v) is 30.9. The van der Waals surface area contributed by atoms with Crippen LogP contribution in [0, 0.1) is 0 Å². The second kappa shape index (κ2) is 20.8. The summed E-state index contributed by atoms with van der Waals surface area (Å²) in [6.45, 7) is 2.16. The first-order chi connectivity index (χ1) is 20.1. The van der Waals surface area contributed by atoms with Gasteiger partial charge in [-0.25, -0.2) is 0 Å². The van der Waals surface area contributed by atoms with Crippen molar-refractivity contribution in [1.82, 2.24) is 0 Å². The Morgan fingerprint density at radius 2 is 1.49 bits per heavy atom. The molecule has 3 aromatic rings. The van der Waals surface area contributed by atoms with Crippen molar-refractivity contribution < 1.29 is 169 Å². The van der Waals surface area contributed by atoms with Gasteiger partial charge in [-0.15, -0.1) is 0 Å². The molecule has 1 N–H and O–H groups in total. The maximum atomic E-state index is 12.5. The zero-order valence-electron chi connectivity index (χ0n) is 24.9. The largest absolute Gasteiger partial charge is 1.00 e. The Balaban J connectivity index is 0.000000541. The number of carbonyl (C=O) groups excluding carboxylic acids is 2. The molecule has 0 amide bonds. The van der Waals surface area contributed by atoms with Crippen molar-refractivity contribution in [3.63, 3.8) is 0 Å². The third-order valence-corrected chi connectivity index (χ3v) is 23.2. The fourth-order valence-corrected chi connectivity index (χ4v) is 17.8. The molecule has 1 aliphatic carbocycles. The van der Waals surface area contributed by atoms with Crippen LogP contribution in [0.15, 0.2) is 89.8 Å². The summed E-state index contributed by atoms with van der Waals surface area (Å²) >= 11 is 2.82. The van der Waals surface area contributed by atoms with Gasteiger partial charge < -0.3 is 0 Å². The van der Waals surface area contributed by atoms with E-state index in [0.29, 0.717) is 27.6 Å². The average Bonchev–Trinajstić information content (AvgIpc) is 2.97. The van der Waals surface area contributed by atoms with E-state index < -0.39 is 60.0 Å². The maximum Gasteiger partial charge on any atom is 1.00 e. The summed E-state index contributed by atoms with van der Waals surface area (Å²) in [5.74, 6) is -2.58. The van der Waals surface area contributed by atoms with Crippen molar-refractivity contribution in [2.45, 2.75) is 15.7 Å². The Bertz CT molecular complexity index is 1860. The number of fused-ring (bicyclic) bond motifs is 2. The van der Waals surface area contributed by atoms with Crippen LogP contribution in [0.1, 0.15) is 27.6 Å². The predicted molar refractivity (Wildman–Crippen MR) is 153 cm³/mol. The summed E-state index contributed by atoms with van der Waals surface area (Å²) in [6, 6.07) is 17.8. The summed E-state index contributed by atoms with van der Waals surface area (Å²) in [4.78, 5) is 35.5. The molecule has 0 atom stereocenters. The number of rotatable bonds is 7. The number of carboxylic acids is 2. The quantitative estimate of drug-likeness (QED) is 0.125. The van der Waals surface area contributed by atoms with Crippen LogP contribution < -0.4 is 112 Å². The number of benzene rings is 4. The molecule has 1 aliphatic heterocycles. The Labute approximate surface area is 369 Å². The van der Waals surface area contributed by atoms with E-state index in [1.807, 2.05) is 12.1 Å². The third kappa shape index (κ3) is 10.6. The van der Waals surface area contributed by atoms with Crippen molar-refractivity contribution in [2.24, 2.45) is 0 Å². The van der Waals surface area contributed by atoms with Crippen molar-refractivity contribution in [3.8, 4) is 28.2 Å². The van der Waals surface area contributed by atoms with Gasteiger partial charge in [0.2, 0.25) is 0 Å². The Morgan fingerprint density at radius 3 is 2.09 bits per heavy atom. The Morgan fingerprint density at radius 1 is 0.889 bits per heavy atom. The Hall–Kier alpha value is 1.23. The van der Waals surface area contributed by atoms with Gasteiger partial charge in [-0.1, -0.05) is 0 Å². The number of hydrogen-bond acceptors (Lipinski definition) is 9. The SMILES string of the molecule is C[CH2][Hg][S]c1ccccc1C(=O)[O-].O=C([O-])c1ccccc1-c1c2cc(Br)c(=O)cc-2oc2[c]([Hg][OH])c([O-])c(Br)cc12.[Na+].[Na+].[Na+]. The van der Waals surface area contributed by atoms with Crippen molar-refractivity contribution >= 4 is 66.1 Å². The normalized spacial score (nSPS) is 9.78. The van der Waals surface area contributed by atoms with Crippen molar-refractivity contribution in [2.75, 3.05) is 0 Å². The van der Waals surface area contributed by atoms with E-state index in [1.54, 1.807) is 50.7 Å². The summed E-state index contributed by atoms with van der Waals surface area (Å²) in [5, 5.41) is 35.4. The molecule has 0 fully saturated rings. The van der Waals surface area contributed by atoms with Crippen LogP contribution in [0.2, 0.25) is 3.93 Å². The molecule has 2 aliphatic rings. The third-order valence-electron chi connectivity index (χ3n) is 6.21. The van der Waals surface area contributed by atoms with E-state index in [2.05, 4.69) is 38.8 Å². The van der Waals surface area contributed by atoms with Crippen LogP contribution in [-0.2, 0) is 48.1 Å². The molecule has 0 bridgehead atoms. The van der Waals surface area contributed by atoms with E-state index in [-0.39, 0.29) is 129 Å². The molecular weight excluding hydrogens is 1140 g/mol. The van der Waals surface area contributed by atoms with E-state index >= 15 is 0 Å². The van der Waals surface area contributed by atoms with Crippen LogP contribution in [0.25, 0.3) is 33.4 Å². The molecule has 208 valence electrons. The van der Waals surface area contributed by atoms with Gasteiger partial charge >= 0.3 is 376 Å². The smallest absolute Gasteiger partial charge is 1.00 e. The summed E-state index contributed by atoms with van der Waals surface area (Å²) in [6.07, 6.45) is 0. The van der Waals surface area contributed by atoms with E-state index in [0.717, 1.165) is 4.90 Å². The number of aromatic carboxylic acids is 2. The number of hydrogen-bond donors (Lipinski definition) is 1. The molecule has 8 nitrogen and oxygen atoms in total. The predicted octanol–water partition coefficient (Wildman–Crippen LogP) is -5.27. The molecular formula is C29H17Br2Hg2Na3O8S. The summed E-state index contributed by atoms with van der Waals surface area (Å²) in [7, 11) is 1.78. The molecule has 0 saturated heterocycles. The van der Waals surface area contributed by atoms with Crippen LogP contribution >= 0.6 is 40.1 Å². The maximum absolute atomic E-state index is 12.5. The van der Waals surface area contributed by atoms with Gasteiger partial charge in [0.15, 0.2) is 0 Å². The van der Waals surface area contributed by atoms with Crippen molar-refractivity contribution in [3.05, 3.63) is 97.0 Å². The molecule has 0 spiro atoms. The van der Waals surface area contributed by atoms with Crippen LogP contribution in [0.3, 0.4) is 0 Å². The molecule has 1 heterocycles. The van der Waals surface area contributed by atoms with Crippen molar-refractivity contribution in [1.29, 1.82) is 0 Å². The fraction of sp³-hybridized carbons (Fsp3) is 0.0690. The second-order valence-electron chi connectivity index (χ2n) is 8.92. The van der Waals surface area contributed by atoms with Crippen LogP contribution in [-0.4, -0.2) is 15.0 Å². The minimum absolute atomic E-state index is 0. The van der Waals surface area contributed by atoms with Gasteiger partial charge in [-0.2, -0.15) is 0 Å². The van der Waals surface area contributed by atoms with Gasteiger partial charge in [0.25, 0.3) is 0 Å². The molecule has 0 saturated carbocycles. The van der Waals surface area contributed by atoms with Crippen LogP contribution in [0.4, 0.5) is 0 Å². The van der Waals surface area contributed by atoms with Gasteiger partial charge in [-0.05, 0) is 0 Å². The topological polar surface area (TPSA) is 154 Å². The molecule has 0 aromatic heterocycles. The summed E-state index contributed by atoms with van der Waals surface area (Å²) < 4.78 is 17.9. The zero-order valence-corrected chi connectivity index (χ0v) is 45.9. The molecule has 3 aromatic carbocycles. The van der Waals surface area contributed by atoms with E-state index in [1.165, 1.54) is 16.1 Å².